The number of benzene rings is 3. The highest BCUT2D eigenvalue weighted by molar-refractivity contribution is 6.01. The SMILES string of the molecule is Cc1cc(-c2cc(-c3ccccc3)cc[nH+]2)c(N)c2ccccc12.Cl. The third-order valence-corrected chi connectivity index (χ3v) is 4.49. The maximum absolute atomic E-state index is 6.49. The summed E-state index contributed by atoms with van der Waals surface area (Å²) in [6, 6.07) is 25.1. The number of aromatic amines is 1. The molecule has 3 aromatic carbocycles. The number of nitrogens with one attached hydrogen (secondary N) is 1. The molecule has 0 bridgehead atoms. The highest BCUT2D eigenvalue weighted by Crippen LogP contribution is 2.34. The summed E-state index contributed by atoms with van der Waals surface area (Å²) in [5.74, 6) is 0. The predicted molar refractivity (Wildman–Crippen MR) is 108 cm³/mol. The Labute approximate surface area is 153 Å². The Bertz CT molecular complexity index is 1030. The first kappa shape index (κ1) is 17.0. The van der Waals surface area contributed by atoms with Crippen molar-refractivity contribution in [2.45, 2.75) is 6.92 Å². The van der Waals surface area contributed by atoms with Crippen molar-refractivity contribution in [3.8, 4) is 22.4 Å². The molecule has 3 N–H and O–H groups in total. The standard InChI is InChI=1S/C22H18N2.ClH/c1-15-13-20(22(23)19-10-6-5-9-18(15)19)21-14-17(11-12-24-21)16-7-3-2-4-8-16;/h2-14H,23H2,1H3;1H/p+1. The third kappa shape index (κ3) is 3.09. The van der Waals surface area contributed by atoms with E-state index < -0.39 is 0 Å². The van der Waals surface area contributed by atoms with Crippen LogP contribution in [0.4, 0.5) is 5.69 Å². The number of halogens is 1. The number of nitrogen functional groups attached to an aromatic ring is 1. The summed E-state index contributed by atoms with van der Waals surface area (Å²) in [5, 5.41) is 2.31. The fourth-order valence-corrected chi connectivity index (χ4v) is 3.23. The van der Waals surface area contributed by atoms with Crippen LogP contribution < -0.4 is 10.7 Å². The quantitative estimate of drug-likeness (QED) is 0.491. The molecule has 1 aromatic heterocycles. The lowest BCUT2D eigenvalue weighted by atomic mass is 9.96. The van der Waals surface area contributed by atoms with Gasteiger partial charge in [-0.1, -0.05) is 54.6 Å². The fourth-order valence-electron chi connectivity index (χ4n) is 3.23. The van der Waals surface area contributed by atoms with Gasteiger partial charge < -0.3 is 5.73 Å². The molecule has 0 saturated carbocycles. The number of hydrogen-bond acceptors (Lipinski definition) is 1. The normalized spacial score (nSPS) is 10.4. The second-order valence-electron chi connectivity index (χ2n) is 6.06. The van der Waals surface area contributed by atoms with Crippen LogP contribution in [0.1, 0.15) is 5.56 Å². The van der Waals surface area contributed by atoms with Crippen molar-refractivity contribution in [3.05, 3.63) is 84.6 Å². The van der Waals surface area contributed by atoms with Gasteiger partial charge in [0.05, 0.1) is 11.3 Å². The number of hydrogen-bond donors (Lipinski definition) is 1. The molecule has 124 valence electrons. The van der Waals surface area contributed by atoms with Crippen molar-refractivity contribution < 1.29 is 4.98 Å². The molecule has 2 nitrogen and oxygen atoms in total. The van der Waals surface area contributed by atoms with Crippen LogP contribution in [0.3, 0.4) is 0 Å². The maximum atomic E-state index is 6.49. The van der Waals surface area contributed by atoms with E-state index in [9.17, 15) is 0 Å². The monoisotopic (exact) mass is 347 g/mol. The van der Waals surface area contributed by atoms with Crippen LogP contribution in [0.15, 0.2) is 79.0 Å². The molecule has 4 aromatic rings. The summed E-state index contributed by atoms with van der Waals surface area (Å²) in [5.41, 5.74) is 13.0. The first-order valence-corrected chi connectivity index (χ1v) is 8.09. The molecule has 0 fully saturated rings. The maximum Gasteiger partial charge on any atom is 0.213 e. The number of aromatic nitrogens is 1. The van der Waals surface area contributed by atoms with E-state index in [1.54, 1.807) is 0 Å². The molecular formula is C22H20ClN2+. The fraction of sp³-hybridized carbons (Fsp3) is 0.0455. The van der Waals surface area contributed by atoms with Crippen LogP contribution in [-0.4, -0.2) is 0 Å². The van der Waals surface area contributed by atoms with Crippen LogP contribution in [0, 0.1) is 6.92 Å². The minimum absolute atomic E-state index is 0. The number of aryl methyl sites for hydroxylation is 1. The van der Waals surface area contributed by atoms with Gasteiger partial charge in [-0.3, -0.25) is 0 Å². The molecule has 0 unspecified atom stereocenters. The van der Waals surface area contributed by atoms with E-state index in [0.29, 0.717) is 0 Å². The molecule has 3 heteroatoms. The third-order valence-electron chi connectivity index (χ3n) is 4.49. The Kier molecular flexibility index (Phi) is 4.73. The van der Waals surface area contributed by atoms with Gasteiger partial charge in [-0.25, -0.2) is 4.98 Å². The average Bonchev–Trinajstić information content (AvgIpc) is 2.65. The lowest BCUT2D eigenvalue weighted by Crippen LogP contribution is -2.08. The van der Waals surface area contributed by atoms with E-state index in [-0.39, 0.29) is 12.4 Å². The minimum Gasteiger partial charge on any atom is -0.398 e. The second kappa shape index (κ2) is 6.96. The molecule has 0 saturated heterocycles. The van der Waals surface area contributed by atoms with Crippen molar-refractivity contribution in [3.63, 3.8) is 0 Å². The molecular weight excluding hydrogens is 328 g/mol. The van der Waals surface area contributed by atoms with Crippen molar-refractivity contribution in [1.82, 2.24) is 0 Å². The number of pyridine rings is 1. The van der Waals surface area contributed by atoms with Crippen LogP contribution in [0.2, 0.25) is 0 Å². The van der Waals surface area contributed by atoms with Gasteiger partial charge >= 0.3 is 0 Å². The number of H-pyrrole nitrogens is 1. The van der Waals surface area contributed by atoms with Crippen molar-refractivity contribution in [2.24, 2.45) is 0 Å². The lowest BCUT2D eigenvalue weighted by molar-refractivity contribution is -0.364. The molecule has 0 aliphatic carbocycles. The highest BCUT2D eigenvalue weighted by Gasteiger charge is 2.14. The molecule has 0 radical (unpaired) electrons. The van der Waals surface area contributed by atoms with Gasteiger partial charge in [-0.2, -0.15) is 0 Å². The molecule has 0 spiro atoms. The summed E-state index contributed by atoms with van der Waals surface area (Å²) in [7, 11) is 0. The first-order chi connectivity index (χ1) is 11.7. The van der Waals surface area contributed by atoms with Gasteiger partial charge in [0.1, 0.15) is 0 Å². The first-order valence-electron chi connectivity index (χ1n) is 8.09. The summed E-state index contributed by atoms with van der Waals surface area (Å²) in [6.07, 6.45) is 1.97. The zero-order valence-corrected chi connectivity index (χ0v) is 14.8. The van der Waals surface area contributed by atoms with Crippen LogP contribution in [0.5, 0.6) is 0 Å². The van der Waals surface area contributed by atoms with Gasteiger partial charge in [-0.05, 0) is 35.1 Å². The summed E-state index contributed by atoms with van der Waals surface area (Å²) >= 11 is 0. The summed E-state index contributed by atoms with van der Waals surface area (Å²) < 4.78 is 0. The zero-order valence-electron chi connectivity index (χ0n) is 14.0. The Morgan fingerprint density at radius 2 is 1.44 bits per heavy atom. The van der Waals surface area contributed by atoms with Crippen molar-refractivity contribution in [1.29, 1.82) is 0 Å². The van der Waals surface area contributed by atoms with E-state index >= 15 is 0 Å². The molecule has 0 aliphatic heterocycles. The smallest absolute Gasteiger partial charge is 0.213 e. The molecule has 0 atom stereocenters. The molecule has 0 aliphatic rings. The van der Waals surface area contributed by atoms with Gasteiger partial charge in [0.25, 0.3) is 0 Å². The van der Waals surface area contributed by atoms with Crippen molar-refractivity contribution >= 4 is 28.9 Å². The predicted octanol–water partition coefficient (Wildman–Crippen LogP) is 5.30. The molecule has 4 rings (SSSR count). The number of rotatable bonds is 2. The van der Waals surface area contributed by atoms with Gasteiger partial charge in [0.2, 0.25) is 5.69 Å². The summed E-state index contributed by atoms with van der Waals surface area (Å²) in [4.78, 5) is 3.35. The number of fused-ring (bicyclic) bond motifs is 1. The Hall–Kier alpha value is -2.84. The van der Waals surface area contributed by atoms with Gasteiger partial charge in [0.15, 0.2) is 6.20 Å². The number of nitrogens with two attached hydrogens (primary N) is 1. The highest BCUT2D eigenvalue weighted by atomic mass is 35.5. The van der Waals surface area contributed by atoms with Crippen molar-refractivity contribution in [2.75, 3.05) is 5.73 Å². The Balaban J connectivity index is 0.00000182. The zero-order chi connectivity index (χ0) is 16.5. The van der Waals surface area contributed by atoms with Gasteiger partial charge in [0, 0.05) is 17.5 Å². The Morgan fingerprint density at radius 1 is 0.760 bits per heavy atom. The van der Waals surface area contributed by atoms with E-state index in [4.69, 9.17) is 5.73 Å². The lowest BCUT2D eigenvalue weighted by Gasteiger charge is -2.10. The molecule has 0 amide bonds. The van der Waals surface area contributed by atoms with Crippen LogP contribution in [-0.2, 0) is 0 Å². The topological polar surface area (TPSA) is 40.2 Å². The van der Waals surface area contributed by atoms with Crippen LogP contribution >= 0.6 is 12.4 Å². The van der Waals surface area contributed by atoms with E-state index in [1.807, 2.05) is 18.3 Å². The largest absolute Gasteiger partial charge is 0.398 e. The summed E-state index contributed by atoms with van der Waals surface area (Å²) in [6.45, 7) is 2.13. The second-order valence-corrected chi connectivity index (χ2v) is 6.06. The Morgan fingerprint density at radius 3 is 2.20 bits per heavy atom. The average molecular weight is 348 g/mol. The van der Waals surface area contributed by atoms with Crippen LogP contribution in [0.25, 0.3) is 33.2 Å². The molecule has 1 heterocycles. The number of anilines is 1. The minimum atomic E-state index is 0. The van der Waals surface area contributed by atoms with Gasteiger partial charge in [-0.15, -0.1) is 12.4 Å². The molecule has 25 heavy (non-hydrogen) atoms. The van der Waals surface area contributed by atoms with E-state index in [2.05, 4.69) is 72.6 Å². The van der Waals surface area contributed by atoms with E-state index in [0.717, 1.165) is 22.3 Å². The van der Waals surface area contributed by atoms with E-state index in [1.165, 1.54) is 22.1 Å².